The van der Waals surface area contributed by atoms with E-state index < -0.39 is 0 Å². The minimum Gasteiger partial charge on any atom is -0.497 e. The summed E-state index contributed by atoms with van der Waals surface area (Å²) >= 11 is 0. The first-order chi connectivity index (χ1) is 14.3. The largest absolute Gasteiger partial charge is 0.497 e. The van der Waals surface area contributed by atoms with E-state index in [1.54, 1.807) is 14.2 Å². The highest BCUT2D eigenvalue weighted by atomic mass is 16.7. The Morgan fingerprint density at radius 3 is 2.52 bits per heavy atom. The molecule has 0 spiro atoms. The van der Waals surface area contributed by atoms with Gasteiger partial charge in [-0.05, 0) is 34.9 Å². The van der Waals surface area contributed by atoms with Gasteiger partial charge in [-0.25, -0.2) is 0 Å². The van der Waals surface area contributed by atoms with Gasteiger partial charge in [0.05, 0.1) is 13.2 Å². The molecule has 0 N–H and O–H groups in total. The molecule has 2 unspecified atom stereocenters. The lowest BCUT2D eigenvalue weighted by Crippen LogP contribution is -2.28. The smallest absolute Gasteiger partial charge is 0.162 e. The average Bonchev–Trinajstić information content (AvgIpc) is 2.78. The lowest BCUT2D eigenvalue weighted by molar-refractivity contribution is -0.164. The highest BCUT2D eigenvalue weighted by Gasteiger charge is 2.28. The van der Waals surface area contributed by atoms with Crippen molar-refractivity contribution >= 4 is 0 Å². The fourth-order valence-electron chi connectivity index (χ4n) is 3.73. The average molecular weight is 390 g/mol. The molecule has 0 saturated heterocycles. The summed E-state index contributed by atoms with van der Waals surface area (Å²) in [6.07, 6.45) is 1.10. The normalized spacial score (nSPS) is 18.1. The van der Waals surface area contributed by atoms with Crippen molar-refractivity contribution < 1.29 is 18.9 Å². The van der Waals surface area contributed by atoms with E-state index in [1.165, 1.54) is 11.1 Å². The molecule has 2 atom stereocenters. The molecule has 1 aliphatic rings. The third-order valence-electron chi connectivity index (χ3n) is 5.28. The van der Waals surface area contributed by atoms with Crippen LogP contribution in [0.5, 0.6) is 11.5 Å². The Morgan fingerprint density at radius 1 is 0.931 bits per heavy atom. The van der Waals surface area contributed by atoms with Crippen LogP contribution in [0.3, 0.4) is 0 Å². The van der Waals surface area contributed by atoms with Crippen molar-refractivity contribution in [3.8, 4) is 11.5 Å². The Balaban J connectivity index is 1.60. The van der Waals surface area contributed by atoms with E-state index in [0.29, 0.717) is 13.0 Å². The van der Waals surface area contributed by atoms with Gasteiger partial charge >= 0.3 is 0 Å². The molecule has 0 radical (unpaired) electrons. The molecule has 0 aromatic heterocycles. The van der Waals surface area contributed by atoms with Gasteiger partial charge in [0.1, 0.15) is 18.1 Å². The molecular formula is C25H26O4. The first kappa shape index (κ1) is 19.5. The molecule has 3 aromatic rings. The second-order valence-corrected chi connectivity index (χ2v) is 7.14. The Hall–Kier alpha value is -2.82. The van der Waals surface area contributed by atoms with Crippen molar-refractivity contribution in [1.82, 2.24) is 0 Å². The second kappa shape index (κ2) is 9.12. The Labute approximate surface area is 172 Å². The summed E-state index contributed by atoms with van der Waals surface area (Å²) in [5, 5.41) is 0. The summed E-state index contributed by atoms with van der Waals surface area (Å²) in [4.78, 5) is 0. The molecule has 3 aromatic carbocycles. The van der Waals surface area contributed by atoms with Crippen molar-refractivity contribution in [2.75, 3.05) is 14.2 Å². The molecule has 4 rings (SSSR count). The summed E-state index contributed by atoms with van der Waals surface area (Å²) in [6.45, 7) is 0.517. The zero-order valence-electron chi connectivity index (χ0n) is 16.8. The molecule has 1 heterocycles. The van der Waals surface area contributed by atoms with Crippen LogP contribution < -0.4 is 9.47 Å². The van der Waals surface area contributed by atoms with Gasteiger partial charge < -0.3 is 18.9 Å². The van der Waals surface area contributed by atoms with Gasteiger partial charge in [-0.15, -0.1) is 0 Å². The number of hydrogen-bond donors (Lipinski definition) is 0. The molecule has 4 nitrogen and oxygen atoms in total. The van der Waals surface area contributed by atoms with Crippen molar-refractivity contribution in [3.05, 3.63) is 95.1 Å². The number of ether oxygens (including phenoxy) is 4. The minimum atomic E-state index is -0.241. The molecule has 150 valence electrons. The first-order valence-corrected chi connectivity index (χ1v) is 9.86. The van der Waals surface area contributed by atoms with E-state index in [2.05, 4.69) is 36.4 Å². The third-order valence-corrected chi connectivity index (χ3v) is 5.28. The third kappa shape index (κ3) is 4.61. The van der Waals surface area contributed by atoms with Gasteiger partial charge in [0.25, 0.3) is 0 Å². The van der Waals surface area contributed by atoms with Crippen LogP contribution in [-0.4, -0.2) is 20.5 Å². The molecule has 0 amide bonds. The number of methoxy groups -OCH3 is 2. The van der Waals surface area contributed by atoms with Crippen molar-refractivity contribution in [1.29, 1.82) is 0 Å². The first-order valence-electron chi connectivity index (χ1n) is 9.86. The lowest BCUT2D eigenvalue weighted by Gasteiger charge is -2.32. The van der Waals surface area contributed by atoms with E-state index in [1.807, 2.05) is 36.4 Å². The van der Waals surface area contributed by atoms with Crippen LogP contribution in [0.2, 0.25) is 0 Å². The van der Waals surface area contributed by atoms with Crippen molar-refractivity contribution in [3.63, 3.8) is 0 Å². The Kier molecular flexibility index (Phi) is 6.13. The van der Waals surface area contributed by atoms with Gasteiger partial charge in [0.2, 0.25) is 0 Å². The number of hydrogen-bond acceptors (Lipinski definition) is 4. The maximum atomic E-state index is 6.24. The van der Waals surface area contributed by atoms with Crippen LogP contribution in [-0.2, 0) is 28.9 Å². The predicted molar refractivity (Wildman–Crippen MR) is 112 cm³/mol. The van der Waals surface area contributed by atoms with Crippen LogP contribution in [0.15, 0.2) is 72.8 Å². The van der Waals surface area contributed by atoms with Gasteiger partial charge in [0, 0.05) is 25.5 Å². The molecule has 4 heteroatoms. The van der Waals surface area contributed by atoms with E-state index in [4.69, 9.17) is 18.9 Å². The van der Waals surface area contributed by atoms with Crippen LogP contribution in [0.25, 0.3) is 0 Å². The van der Waals surface area contributed by atoms with Gasteiger partial charge in [-0.2, -0.15) is 0 Å². The molecule has 0 aliphatic carbocycles. The summed E-state index contributed by atoms with van der Waals surface area (Å²) in [5.41, 5.74) is 4.66. The molecule has 0 bridgehead atoms. The maximum Gasteiger partial charge on any atom is 0.162 e. The van der Waals surface area contributed by atoms with Crippen LogP contribution in [0.4, 0.5) is 0 Å². The van der Waals surface area contributed by atoms with Crippen molar-refractivity contribution in [2.45, 2.75) is 31.8 Å². The van der Waals surface area contributed by atoms with E-state index in [9.17, 15) is 0 Å². The van der Waals surface area contributed by atoms with Gasteiger partial charge in [-0.1, -0.05) is 54.6 Å². The quantitative estimate of drug-likeness (QED) is 0.562. The molecule has 0 fully saturated rings. The second-order valence-electron chi connectivity index (χ2n) is 7.14. The predicted octanol–water partition coefficient (Wildman–Crippen LogP) is 5.10. The fourth-order valence-corrected chi connectivity index (χ4v) is 3.73. The number of rotatable bonds is 7. The summed E-state index contributed by atoms with van der Waals surface area (Å²) in [6, 6.07) is 24.5. The SMILES string of the molecule is COc1ccc(OCc2ccccc2)c(CC2OC(OC)Cc3ccccc32)c1. The van der Waals surface area contributed by atoms with Crippen LogP contribution in [0.1, 0.15) is 28.4 Å². The standard InChI is InChI=1S/C25H26O4/c1-26-21-12-13-23(28-17-18-8-4-3-5-9-18)20(14-21)15-24-22-11-7-6-10-19(22)16-25(27-2)29-24/h3-14,24-25H,15-17H2,1-2H3. The topological polar surface area (TPSA) is 36.9 Å². The molecule has 0 saturated carbocycles. The Morgan fingerprint density at radius 2 is 1.72 bits per heavy atom. The van der Waals surface area contributed by atoms with E-state index in [0.717, 1.165) is 29.0 Å². The van der Waals surface area contributed by atoms with Crippen LogP contribution >= 0.6 is 0 Å². The van der Waals surface area contributed by atoms with Crippen LogP contribution in [0, 0.1) is 0 Å². The summed E-state index contributed by atoms with van der Waals surface area (Å²) in [5.74, 6) is 1.65. The van der Waals surface area contributed by atoms with E-state index >= 15 is 0 Å². The summed E-state index contributed by atoms with van der Waals surface area (Å²) < 4.78 is 23.4. The molecule has 29 heavy (non-hydrogen) atoms. The summed E-state index contributed by atoms with van der Waals surface area (Å²) in [7, 11) is 3.37. The monoisotopic (exact) mass is 390 g/mol. The number of benzene rings is 3. The van der Waals surface area contributed by atoms with Gasteiger partial charge in [-0.3, -0.25) is 0 Å². The zero-order chi connectivity index (χ0) is 20.1. The fraction of sp³-hybridized carbons (Fsp3) is 0.280. The highest BCUT2D eigenvalue weighted by molar-refractivity contribution is 5.42. The molecule has 1 aliphatic heterocycles. The van der Waals surface area contributed by atoms with E-state index in [-0.39, 0.29) is 12.4 Å². The zero-order valence-corrected chi connectivity index (χ0v) is 16.8. The number of fused-ring (bicyclic) bond motifs is 1. The lowest BCUT2D eigenvalue weighted by atomic mass is 9.92. The minimum absolute atomic E-state index is 0.101. The highest BCUT2D eigenvalue weighted by Crippen LogP contribution is 2.36. The van der Waals surface area contributed by atoms with Crippen molar-refractivity contribution in [2.24, 2.45) is 0 Å². The molecular weight excluding hydrogens is 364 g/mol. The van der Waals surface area contributed by atoms with Gasteiger partial charge in [0.15, 0.2) is 6.29 Å². The Bertz CT molecular complexity index is 939. The maximum absolute atomic E-state index is 6.24.